The zero-order valence-electron chi connectivity index (χ0n) is 19.0. The summed E-state index contributed by atoms with van der Waals surface area (Å²) in [4.78, 5) is 17.4. The molecule has 29 heavy (non-hydrogen) atoms. The van der Waals surface area contributed by atoms with Crippen LogP contribution in [0, 0.1) is 0 Å². The SMILES string of the molecule is CCCCCCCCCCCCCCCC=CC1=NC(C(C)N)CN1CC(=O)O. The molecular formula is C24H45N3O2. The molecule has 1 rings (SSSR count). The van der Waals surface area contributed by atoms with Crippen LogP contribution in [0.1, 0.15) is 104 Å². The van der Waals surface area contributed by atoms with E-state index in [1.54, 1.807) is 0 Å². The molecule has 168 valence electrons. The van der Waals surface area contributed by atoms with Gasteiger partial charge in [0, 0.05) is 12.6 Å². The molecule has 0 radical (unpaired) electrons. The van der Waals surface area contributed by atoms with Crippen molar-refractivity contribution < 1.29 is 9.90 Å². The Hall–Kier alpha value is -1.36. The highest BCUT2D eigenvalue weighted by molar-refractivity contribution is 5.96. The molecule has 0 saturated carbocycles. The predicted octanol–water partition coefficient (Wildman–Crippen LogP) is 5.54. The molecule has 0 spiro atoms. The summed E-state index contributed by atoms with van der Waals surface area (Å²) in [5.41, 5.74) is 5.93. The largest absolute Gasteiger partial charge is 0.480 e. The normalized spacial score (nSPS) is 17.8. The Bertz CT molecular complexity index is 489. The van der Waals surface area contributed by atoms with Gasteiger partial charge in [-0.2, -0.15) is 0 Å². The summed E-state index contributed by atoms with van der Waals surface area (Å²) in [5, 5.41) is 9.07. The van der Waals surface area contributed by atoms with Crippen molar-refractivity contribution in [3.05, 3.63) is 12.2 Å². The van der Waals surface area contributed by atoms with E-state index in [9.17, 15) is 4.79 Å². The van der Waals surface area contributed by atoms with E-state index < -0.39 is 5.97 Å². The number of amidine groups is 1. The van der Waals surface area contributed by atoms with E-state index in [2.05, 4.69) is 18.0 Å². The minimum Gasteiger partial charge on any atom is -0.480 e. The molecule has 0 fully saturated rings. The van der Waals surface area contributed by atoms with Gasteiger partial charge < -0.3 is 15.7 Å². The van der Waals surface area contributed by atoms with E-state index in [0.29, 0.717) is 6.54 Å². The van der Waals surface area contributed by atoms with E-state index in [1.807, 2.05) is 17.9 Å². The number of nitrogens with two attached hydrogens (primary N) is 1. The fourth-order valence-electron chi connectivity index (χ4n) is 3.82. The highest BCUT2D eigenvalue weighted by atomic mass is 16.4. The molecule has 0 aliphatic carbocycles. The van der Waals surface area contributed by atoms with Crippen LogP contribution >= 0.6 is 0 Å². The van der Waals surface area contributed by atoms with Gasteiger partial charge in [0.15, 0.2) is 0 Å². The van der Waals surface area contributed by atoms with Crippen molar-refractivity contribution in [3.8, 4) is 0 Å². The molecule has 5 heteroatoms. The molecule has 0 aromatic rings. The van der Waals surface area contributed by atoms with Crippen LogP contribution in [-0.2, 0) is 4.79 Å². The lowest BCUT2D eigenvalue weighted by Gasteiger charge is -2.17. The van der Waals surface area contributed by atoms with E-state index in [0.717, 1.165) is 12.3 Å². The van der Waals surface area contributed by atoms with Crippen LogP contribution in [0.15, 0.2) is 17.1 Å². The number of carboxylic acids is 1. The highest BCUT2D eigenvalue weighted by Crippen LogP contribution is 2.15. The predicted molar refractivity (Wildman–Crippen MR) is 124 cm³/mol. The van der Waals surface area contributed by atoms with Gasteiger partial charge in [-0.15, -0.1) is 0 Å². The summed E-state index contributed by atoms with van der Waals surface area (Å²) in [6.07, 6.45) is 22.9. The molecule has 5 nitrogen and oxygen atoms in total. The third-order valence-electron chi connectivity index (χ3n) is 5.70. The van der Waals surface area contributed by atoms with Crippen LogP contribution in [0.25, 0.3) is 0 Å². The van der Waals surface area contributed by atoms with Crippen molar-refractivity contribution in [3.63, 3.8) is 0 Å². The van der Waals surface area contributed by atoms with Crippen molar-refractivity contribution in [1.29, 1.82) is 0 Å². The molecule has 1 aliphatic rings. The van der Waals surface area contributed by atoms with Gasteiger partial charge >= 0.3 is 5.97 Å². The topological polar surface area (TPSA) is 78.9 Å². The van der Waals surface area contributed by atoms with E-state index in [4.69, 9.17) is 10.8 Å². The van der Waals surface area contributed by atoms with Crippen molar-refractivity contribution in [2.24, 2.45) is 10.7 Å². The van der Waals surface area contributed by atoms with Gasteiger partial charge in [0.25, 0.3) is 0 Å². The first-order valence-electron chi connectivity index (χ1n) is 12.0. The van der Waals surface area contributed by atoms with Gasteiger partial charge in [-0.1, -0.05) is 90.0 Å². The summed E-state index contributed by atoms with van der Waals surface area (Å²) in [6, 6.07) is -0.0661. The Morgan fingerprint density at radius 3 is 2.07 bits per heavy atom. The number of hydrogen-bond donors (Lipinski definition) is 2. The Labute approximate surface area is 178 Å². The van der Waals surface area contributed by atoms with E-state index >= 15 is 0 Å². The minimum atomic E-state index is -0.826. The zero-order valence-corrected chi connectivity index (χ0v) is 19.0. The quantitative estimate of drug-likeness (QED) is 0.292. The molecule has 3 N–H and O–H groups in total. The molecule has 2 unspecified atom stereocenters. The Balaban J connectivity index is 2.04. The van der Waals surface area contributed by atoms with Crippen molar-refractivity contribution in [2.45, 2.75) is 116 Å². The number of aliphatic carboxylic acids is 1. The first-order valence-corrected chi connectivity index (χ1v) is 12.0. The molecule has 1 heterocycles. The lowest BCUT2D eigenvalue weighted by atomic mass is 10.0. The molecule has 0 saturated heterocycles. The Morgan fingerprint density at radius 2 is 1.59 bits per heavy atom. The van der Waals surface area contributed by atoms with Gasteiger partial charge in [-0.05, 0) is 25.8 Å². The summed E-state index contributed by atoms with van der Waals surface area (Å²) in [5.74, 6) is -0.0580. The highest BCUT2D eigenvalue weighted by Gasteiger charge is 2.27. The number of hydrogen-bond acceptors (Lipinski definition) is 4. The van der Waals surface area contributed by atoms with Crippen LogP contribution in [0.3, 0.4) is 0 Å². The fourth-order valence-corrected chi connectivity index (χ4v) is 3.82. The lowest BCUT2D eigenvalue weighted by Crippen LogP contribution is -2.38. The van der Waals surface area contributed by atoms with Crippen LogP contribution in [0.4, 0.5) is 0 Å². The van der Waals surface area contributed by atoms with Gasteiger partial charge in [0.05, 0.1) is 6.04 Å². The first-order chi connectivity index (χ1) is 14.0. The van der Waals surface area contributed by atoms with Gasteiger partial charge in [0.1, 0.15) is 12.4 Å². The zero-order chi connectivity index (χ0) is 21.3. The summed E-state index contributed by atoms with van der Waals surface area (Å²) < 4.78 is 0. The van der Waals surface area contributed by atoms with Gasteiger partial charge in [-0.25, -0.2) is 0 Å². The van der Waals surface area contributed by atoms with Crippen LogP contribution in [0.2, 0.25) is 0 Å². The summed E-state index contributed by atoms with van der Waals surface area (Å²) >= 11 is 0. The number of carbonyl (C=O) groups is 1. The van der Waals surface area contributed by atoms with E-state index in [1.165, 1.54) is 83.5 Å². The second kappa shape index (κ2) is 16.4. The second-order valence-electron chi connectivity index (χ2n) is 8.62. The second-order valence-corrected chi connectivity index (χ2v) is 8.62. The number of aliphatic imine (C=N–C) groups is 1. The maximum Gasteiger partial charge on any atom is 0.323 e. The Kier molecular flexibility index (Phi) is 14.6. The molecular weight excluding hydrogens is 362 g/mol. The first kappa shape index (κ1) is 25.7. The smallest absolute Gasteiger partial charge is 0.323 e. The molecule has 2 atom stereocenters. The van der Waals surface area contributed by atoms with Crippen LogP contribution in [0.5, 0.6) is 0 Å². The van der Waals surface area contributed by atoms with Crippen molar-refractivity contribution in [2.75, 3.05) is 13.1 Å². The van der Waals surface area contributed by atoms with Crippen LogP contribution in [-0.4, -0.2) is 47.0 Å². The Morgan fingerprint density at radius 1 is 1.07 bits per heavy atom. The number of nitrogens with zero attached hydrogens (tertiary/aromatic N) is 2. The standard InChI is InChI=1S/C24H45N3O2/c1-3-4-5-6-7-8-9-10-11-12-13-14-15-16-17-18-23-26-22(21(2)25)19-27(23)20-24(28)29/h17-18,21-22H,3-16,19-20,25H2,1-2H3,(H,28,29). The van der Waals surface area contributed by atoms with Gasteiger partial charge in [-0.3, -0.25) is 9.79 Å². The average Bonchev–Trinajstić information content (AvgIpc) is 3.07. The molecule has 0 bridgehead atoms. The number of unbranched alkanes of at least 4 members (excludes halogenated alkanes) is 13. The fraction of sp³-hybridized carbons (Fsp3) is 0.833. The molecule has 0 aromatic heterocycles. The number of carboxylic acid groups (broad SMARTS) is 1. The average molecular weight is 408 g/mol. The minimum absolute atomic E-state index is 0.00880. The third kappa shape index (κ3) is 12.7. The summed E-state index contributed by atoms with van der Waals surface area (Å²) in [7, 11) is 0. The third-order valence-corrected chi connectivity index (χ3v) is 5.70. The summed E-state index contributed by atoms with van der Waals surface area (Å²) in [6.45, 7) is 4.79. The van der Waals surface area contributed by atoms with E-state index in [-0.39, 0.29) is 18.6 Å². The maximum atomic E-state index is 11.0. The van der Waals surface area contributed by atoms with Crippen molar-refractivity contribution in [1.82, 2.24) is 4.90 Å². The maximum absolute atomic E-state index is 11.0. The van der Waals surface area contributed by atoms with Crippen molar-refractivity contribution >= 4 is 11.8 Å². The number of allylic oxidation sites excluding steroid dienone is 1. The monoisotopic (exact) mass is 407 g/mol. The molecule has 0 aromatic carbocycles. The van der Waals surface area contributed by atoms with Gasteiger partial charge in [0.2, 0.25) is 0 Å². The number of rotatable bonds is 18. The lowest BCUT2D eigenvalue weighted by molar-refractivity contribution is -0.137. The molecule has 0 amide bonds. The van der Waals surface area contributed by atoms with Crippen LogP contribution < -0.4 is 5.73 Å². The molecule has 1 aliphatic heterocycles.